The second-order valence-electron chi connectivity index (χ2n) is 2.31. The first kappa shape index (κ1) is 12.0. The number of carbonyl (C=O) groups excluding carboxylic acids is 2. The van der Waals surface area contributed by atoms with Gasteiger partial charge < -0.3 is 10.2 Å². The lowest BCUT2D eigenvalue weighted by Crippen LogP contribution is -2.40. The Kier molecular flexibility index (Phi) is 3.39. The molecule has 0 saturated carbocycles. The zero-order valence-corrected chi connectivity index (χ0v) is 7.70. The van der Waals surface area contributed by atoms with E-state index >= 15 is 0 Å². The molecular formula is C4H5O10P. The van der Waals surface area contributed by atoms with E-state index < -0.39 is 32.0 Å². The van der Waals surface area contributed by atoms with Crippen LogP contribution in [0.2, 0.25) is 0 Å². The fourth-order valence-electron chi connectivity index (χ4n) is 0.536. The molecule has 15 heavy (non-hydrogen) atoms. The average molecular weight is 244 g/mol. The van der Waals surface area contributed by atoms with Gasteiger partial charge in [0.05, 0.1) is 0 Å². The summed E-state index contributed by atoms with van der Waals surface area (Å²) in [6, 6.07) is 0. The van der Waals surface area contributed by atoms with Gasteiger partial charge in [0.15, 0.2) is 12.2 Å². The molecule has 1 fully saturated rings. The van der Waals surface area contributed by atoms with E-state index in [1.54, 1.807) is 0 Å². The third-order valence-electron chi connectivity index (χ3n) is 1.21. The summed E-state index contributed by atoms with van der Waals surface area (Å²) in [5.41, 5.74) is 0. The van der Waals surface area contributed by atoms with Crippen molar-refractivity contribution in [3.8, 4) is 0 Å². The summed E-state index contributed by atoms with van der Waals surface area (Å²) in [7, 11) is -4.92. The van der Waals surface area contributed by atoms with Gasteiger partial charge in [-0.2, -0.15) is 0 Å². The van der Waals surface area contributed by atoms with E-state index in [1.807, 2.05) is 0 Å². The van der Waals surface area contributed by atoms with Crippen LogP contribution in [0.1, 0.15) is 0 Å². The second-order valence-corrected chi connectivity index (χ2v) is 3.55. The van der Waals surface area contributed by atoms with Crippen molar-refractivity contribution >= 4 is 19.8 Å². The van der Waals surface area contributed by atoms with Crippen LogP contribution in [-0.4, -0.2) is 39.3 Å². The van der Waals surface area contributed by atoms with Crippen molar-refractivity contribution in [1.82, 2.24) is 0 Å². The number of phosphoric acid groups is 1. The molecule has 0 aromatic rings. The Morgan fingerprint density at radius 2 is 1.33 bits per heavy atom. The summed E-state index contributed by atoms with van der Waals surface area (Å²) < 4.78 is 17.7. The van der Waals surface area contributed by atoms with Crippen LogP contribution < -0.4 is 0 Å². The van der Waals surface area contributed by atoms with Gasteiger partial charge in [0.25, 0.3) is 0 Å². The van der Waals surface area contributed by atoms with E-state index in [0.717, 1.165) is 0 Å². The summed E-state index contributed by atoms with van der Waals surface area (Å²) in [4.78, 5) is 37.2. The van der Waals surface area contributed by atoms with E-state index in [9.17, 15) is 14.2 Å². The van der Waals surface area contributed by atoms with E-state index in [4.69, 9.17) is 15.1 Å². The van der Waals surface area contributed by atoms with Gasteiger partial charge in [-0.15, -0.1) is 0 Å². The molecule has 1 rings (SSSR count). The topological polar surface area (TPSA) is 149 Å². The Hall–Kier alpha value is -1.03. The maximum absolute atomic E-state index is 10.7. The normalized spacial score (nSPS) is 38.3. The summed E-state index contributed by atoms with van der Waals surface area (Å²) in [5, 5.41) is 17.8. The predicted octanol–water partition coefficient (Wildman–Crippen LogP) is -2.23. The van der Waals surface area contributed by atoms with Crippen LogP contribution in [-0.2, 0) is 33.3 Å². The first-order valence-electron chi connectivity index (χ1n) is 3.32. The number of carbonyl (C=O) groups is 2. The van der Waals surface area contributed by atoms with Gasteiger partial charge in [0, 0.05) is 0 Å². The number of hydrogen-bond acceptors (Lipinski definition) is 9. The highest BCUT2D eigenvalue weighted by Crippen LogP contribution is 2.44. The average Bonchev–Trinajstić information content (AvgIpc) is 2.21. The Balaban J connectivity index is 2.87. The first-order chi connectivity index (χ1) is 6.83. The van der Waals surface area contributed by atoms with E-state index in [2.05, 4.69) is 19.1 Å². The van der Waals surface area contributed by atoms with Crippen LogP contribution in [0.3, 0.4) is 0 Å². The second kappa shape index (κ2) is 4.23. The largest absolute Gasteiger partial charge is 0.544 e. The fraction of sp³-hybridized carbons (Fsp3) is 0.500. The molecule has 2 unspecified atom stereocenters. The van der Waals surface area contributed by atoms with E-state index in [1.165, 1.54) is 0 Å². The van der Waals surface area contributed by atoms with Gasteiger partial charge in [-0.1, -0.05) is 9.35 Å². The molecule has 1 heterocycles. The minimum atomic E-state index is -4.92. The molecule has 1 saturated heterocycles. The molecule has 2 atom stereocenters. The maximum Gasteiger partial charge on any atom is 0.544 e. The van der Waals surface area contributed by atoms with Crippen molar-refractivity contribution in [3.63, 3.8) is 0 Å². The molecule has 1 aliphatic heterocycles. The third kappa shape index (κ3) is 2.96. The molecule has 11 heteroatoms. The maximum atomic E-state index is 10.7. The standard InChI is InChI=1S/C4H5O10P/c5-1-2(6)4(8)12-14-15(9,10)13-11-3(1)7/h1-2,5-6H,(H,9,10). The molecule has 10 nitrogen and oxygen atoms in total. The quantitative estimate of drug-likeness (QED) is 0.315. The molecular weight excluding hydrogens is 239 g/mol. The zero-order chi connectivity index (χ0) is 11.6. The lowest BCUT2D eigenvalue weighted by molar-refractivity contribution is -0.256. The lowest BCUT2D eigenvalue weighted by Gasteiger charge is -2.09. The van der Waals surface area contributed by atoms with Crippen molar-refractivity contribution in [1.29, 1.82) is 0 Å². The van der Waals surface area contributed by atoms with Crippen molar-refractivity contribution in [2.24, 2.45) is 0 Å². The van der Waals surface area contributed by atoms with Gasteiger partial charge >= 0.3 is 19.8 Å². The molecule has 0 radical (unpaired) electrons. The van der Waals surface area contributed by atoms with Crippen molar-refractivity contribution in [3.05, 3.63) is 0 Å². The summed E-state index contributed by atoms with van der Waals surface area (Å²) in [5.74, 6) is -3.31. The molecule has 86 valence electrons. The van der Waals surface area contributed by atoms with Crippen LogP contribution in [0.15, 0.2) is 0 Å². The zero-order valence-electron chi connectivity index (χ0n) is 6.80. The summed E-state index contributed by atoms with van der Waals surface area (Å²) in [6.07, 6.45) is -4.64. The monoisotopic (exact) mass is 244 g/mol. The summed E-state index contributed by atoms with van der Waals surface area (Å²) >= 11 is 0. The Labute approximate surface area is 81.4 Å². The molecule has 0 amide bonds. The highest BCUT2D eigenvalue weighted by Gasteiger charge is 2.40. The Bertz CT molecular complexity index is 295. The van der Waals surface area contributed by atoms with E-state index in [-0.39, 0.29) is 0 Å². The van der Waals surface area contributed by atoms with Crippen LogP contribution in [0.5, 0.6) is 0 Å². The smallest absolute Gasteiger partial charge is 0.378 e. The van der Waals surface area contributed by atoms with Gasteiger partial charge in [0.1, 0.15) is 0 Å². The number of aliphatic hydroxyl groups excluding tert-OH is 2. The molecule has 0 aromatic carbocycles. The molecule has 0 bridgehead atoms. The SMILES string of the molecule is O=C1OOP(=O)(O)OOC(=O)C(O)C1O. The van der Waals surface area contributed by atoms with E-state index in [0.29, 0.717) is 0 Å². The van der Waals surface area contributed by atoms with Crippen molar-refractivity contribution in [2.75, 3.05) is 0 Å². The van der Waals surface area contributed by atoms with Crippen LogP contribution in [0.4, 0.5) is 0 Å². The molecule has 1 aliphatic rings. The van der Waals surface area contributed by atoms with Crippen LogP contribution in [0, 0.1) is 0 Å². The van der Waals surface area contributed by atoms with Gasteiger partial charge in [-0.3, -0.25) is 14.7 Å². The predicted molar refractivity (Wildman–Crippen MR) is 36.2 cm³/mol. The minimum Gasteiger partial charge on any atom is -0.378 e. The highest BCUT2D eigenvalue weighted by atomic mass is 31.2. The number of hydrogen-bond donors (Lipinski definition) is 3. The molecule has 3 N–H and O–H groups in total. The third-order valence-corrected chi connectivity index (χ3v) is 1.74. The van der Waals surface area contributed by atoms with Crippen LogP contribution in [0.25, 0.3) is 0 Å². The molecule has 0 spiro atoms. The van der Waals surface area contributed by atoms with Crippen molar-refractivity contribution < 1.29 is 48.4 Å². The minimum absolute atomic E-state index is 1.65. The highest BCUT2D eigenvalue weighted by molar-refractivity contribution is 7.47. The number of rotatable bonds is 0. The van der Waals surface area contributed by atoms with Gasteiger partial charge in [-0.25, -0.2) is 14.2 Å². The molecule has 0 aliphatic carbocycles. The lowest BCUT2D eigenvalue weighted by atomic mass is 10.2. The fourth-order valence-corrected chi connectivity index (χ4v) is 0.897. The Morgan fingerprint density at radius 1 is 1.00 bits per heavy atom. The molecule has 0 aromatic heterocycles. The van der Waals surface area contributed by atoms with Gasteiger partial charge in [0.2, 0.25) is 0 Å². The first-order valence-corrected chi connectivity index (χ1v) is 4.82. The van der Waals surface area contributed by atoms with Gasteiger partial charge in [-0.05, 0) is 0 Å². The summed E-state index contributed by atoms with van der Waals surface area (Å²) in [6.45, 7) is 0. The van der Waals surface area contributed by atoms with Crippen molar-refractivity contribution in [2.45, 2.75) is 12.2 Å². The number of aliphatic hydroxyl groups is 2. The Morgan fingerprint density at radius 3 is 1.67 bits per heavy atom. The van der Waals surface area contributed by atoms with Crippen LogP contribution >= 0.6 is 7.82 Å².